The highest BCUT2D eigenvalue weighted by Crippen LogP contribution is 2.28. The minimum absolute atomic E-state index is 0. The van der Waals surface area contributed by atoms with E-state index in [0.717, 1.165) is 13.1 Å². The first-order valence-electron chi connectivity index (χ1n) is 7.94. The van der Waals surface area contributed by atoms with Crippen LogP contribution in [-0.4, -0.2) is 37.3 Å². The molecule has 2 nitrogen and oxygen atoms in total. The fourth-order valence-electron chi connectivity index (χ4n) is 2.97. The van der Waals surface area contributed by atoms with E-state index < -0.39 is 0 Å². The summed E-state index contributed by atoms with van der Waals surface area (Å²) in [6, 6.07) is 9.83. The monoisotopic (exact) mass is 364 g/mol. The van der Waals surface area contributed by atoms with Crippen LogP contribution in [0.3, 0.4) is 0 Å². The zero-order valence-corrected chi connectivity index (χ0v) is 16.2. The Morgan fingerprint density at radius 3 is 2.27 bits per heavy atom. The summed E-state index contributed by atoms with van der Waals surface area (Å²) in [5.74, 6) is 0. The van der Waals surface area contributed by atoms with Crippen molar-refractivity contribution in [2.75, 3.05) is 32.4 Å². The van der Waals surface area contributed by atoms with Crippen molar-refractivity contribution < 1.29 is 0 Å². The van der Waals surface area contributed by atoms with Gasteiger partial charge < -0.3 is 5.32 Å². The van der Waals surface area contributed by atoms with Crippen molar-refractivity contribution in [2.45, 2.75) is 43.5 Å². The van der Waals surface area contributed by atoms with Gasteiger partial charge in [-0.05, 0) is 30.4 Å². The van der Waals surface area contributed by atoms with Crippen LogP contribution in [0.4, 0.5) is 0 Å². The van der Waals surface area contributed by atoms with Crippen LogP contribution in [0, 0.1) is 0 Å². The Balaban J connectivity index is 0.00000220. The van der Waals surface area contributed by atoms with E-state index in [2.05, 4.69) is 47.7 Å². The molecule has 1 N–H and O–H groups in total. The molecule has 1 aromatic rings. The van der Waals surface area contributed by atoms with Crippen molar-refractivity contribution >= 4 is 36.6 Å². The highest BCUT2D eigenvalue weighted by Gasteiger charge is 2.21. The molecular weight excluding hydrogens is 335 g/mol. The smallest absolute Gasteiger partial charge is 0.0349 e. The van der Waals surface area contributed by atoms with Crippen LogP contribution in [0.15, 0.2) is 29.2 Å². The van der Waals surface area contributed by atoms with E-state index in [0.29, 0.717) is 6.04 Å². The number of piperazine rings is 1. The van der Waals surface area contributed by atoms with Crippen molar-refractivity contribution in [3.63, 3.8) is 0 Å². The number of rotatable bonds is 7. The van der Waals surface area contributed by atoms with E-state index in [1.165, 1.54) is 49.2 Å². The maximum atomic E-state index is 3.46. The van der Waals surface area contributed by atoms with Gasteiger partial charge in [-0.15, -0.1) is 36.6 Å². The Hall–Kier alpha value is 0.0700. The molecule has 1 aromatic carbocycles. The average molecular weight is 365 g/mol. The van der Waals surface area contributed by atoms with Crippen molar-refractivity contribution in [1.82, 2.24) is 10.2 Å². The molecule has 1 heterocycles. The maximum absolute atomic E-state index is 3.46. The zero-order valence-electron chi connectivity index (χ0n) is 13.7. The van der Waals surface area contributed by atoms with Crippen molar-refractivity contribution in [3.8, 4) is 0 Å². The highest BCUT2D eigenvalue weighted by atomic mass is 35.5. The number of halogens is 2. The molecular formula is C17H30Cl2N2S. The summed E-state index contributed by atoms with van der Waals surface area (Å²) >= 11 is 1.82. The molecule has 0 saturated carbocycles. The van der Waals surface area contributed by atoms with Crippen molar-refractivity contribution in [2.24, 2.45) is 0 Å². The minimum atomic E-state index is 0. The highest BCUT2D eigenvalue weighted by molar-refractivity contribution is 7.98. The molecule has 0 aliphatic carbocycles. The van der Waals surface area contributed by atoms with Gasteiger partial charge in [0.05, 0.1) is 0 Å². The largest absolute Gasteiger partial charge is 0.314 e. The van der Waals surface area contributed by atoms with Gasteiger partial charge in [0, 0.05) is 37.1 Å². The van der Waals surface area contributed by atoms with Gasteiger partial charge in [-0.3, -0.25) is 4.90 Å². The number of thioether (sulfide) groups is 1. The van der Waals surface area contributed by atoms with Crippen LogP contribution < -0.4 is 5.32 Å². The quantitative estimate of drug-likeness (QED) is 0.553. The number of hydrogen-bond donors (Lipinski definition) is 1. The normalized spacial score (nSPS) is 16.5. The molecule has 0 unspecified atom stereocenters. The third kappa shape index (κ3) is 6.67. The number of benzene rings is 1. The summed E-state index contributed by atoms with van der Waals surface area (Å²) in [5, 5.41) is 3.46. The lowest BCUT2D eigenvalue weighted by molar-refractivity contribution is 0.162. The number of nitrogens with zero attached hydrogens (tertiary/aromatic N) is 1. The maximum Gasteiger partial charge on any atom is 0.0349 e. The predicted molar refractivity (Wildman–Crippen MR) is 104 cm³/mol. The second kappa shape index (κ2) is 12.5. The van der Waals surface area contributed by atoms with Crippen molar-refractivity contribution in [1.29, 1.82) is 0 Å². The topological polar surface area (TPSA) is 15.3 Å². The second-order valence-corrected chi connectivity index (χ2v) is 6.45. The molecule has 2 rings (SSSR count). The minimum Gasteiger partial charge on any atom is -0.314 e. The fourth-order valence-corrected chi connectivity index (χ4v) is 3.38. The third-order valence-corrected chi connectivity index (χ3v) is 4.92. The molecule has 0 bridgehead atoms. The molecule has 1 saturated heterocycles. The molecule has 1 atom stereocenters. The Morgan fingerprint density at radius 2 is 1.73 bits per heavy atom. The molecule has 128 valence electrons. The Morgan fingerprint density at radius 1 is 1.09 bits per heavy atom. The lowest BCUT2D eigenvalue weighted by atomic mass is 9.98. The Kier molecular flexibility index (Phi) is 12.5. The van der Waals surface area contributed by atoms with E-state index in [-0.39, 0.29) is 24.8 Å². The average Bonchev–Trinajstić information content (AvgIpc) is 2.53. The SMILES string of the molecule is CCCCC[C@@H](c1ccc(SC)cc1)N1CCNCC1.Cl.Cl. The van der Waals surface area contributed by atoms with Gasteiger partial charge in [0.1, 0.15) is 0 Å². The van der Waals surface area contributed by atoms with E-state index in [1.807, 2.05) is 11.8 Å². The summed E-state index contributed by atoms with van der Waals surface area (Å²) in [7, 11) is 0. The molecule has 1 aliphatic heterocycles. The molecule has 1 fully saturated rings. The third-order valence-electron chi connectivity index (χ3n) is 4.17. The molecule has 0 aromatic heterocycles. The second-order valence-electron chi connectivity index (χ2n) is 5.57. The van der Waals surface area contributed by atoms with Crippen LogP contribution >= 0.6 is 36.6 Å². The van der Waals surface area contributed by atoms with Crippen LogP contribution in [0.25, 0.3) is 0 Å². The van der Waals surface area contributed by atoms with Gasteiger partial charge in [-0.2, -0.15) is 0 Å². The first-order valence-corrected chi connectivity index (χ1v) is 9.16. The zero-order chi connectivity index (χ0) is 14.2. The number of hydrogen-bond acceptors (Lipinski definition) is 3. The lowest BCUT2D eigenvalue weighted by Gasteiger charge is -2.35. The summed E-state index contributed by atoms with van der Waals surface area (Å²) in [5.41, 5.74) is 1.50. The Labute approximate surface area is 152 Å². The molecule has 0 amide bonds. The van der Waals surface area contributed by atoms with Gasteiger partial charge >= 0.3 is 0 Å². The summed E-state index contributed by atoms with van der Waals surface area (Å²) in [6.07, 6.45) is 7.44. The molecule has 0 radical (unpaired) electrons. The predicted octanol–water partition coefficient (Wildman–Crippen LogP) is 4.78. The van der Waals surface area contributed by atoms with Gasteiger partial charge in [0.25, 0.3) is 0 Å². The lowest BCUT2D eigenvalue weighted by Crippen LogP contribution is -2.45. The molecule has 5 heteroatoms. The van der Waals surface area contributed by atoms with Crippen molar-refractivity contribution in [3.05, 3.63) is 29.8 Å². The van der Waals surface area contributed by atoms with Crippen LogP contribution in [0.2, 0.25) is 0 Å². The van der Waals surface area contributed by atoms with Gasteiger partial charge in [-0.1, -0.05) is 38.3 Å². The molecule has 0 spiro atoms. The first-order chi connectivity index (χ1) is 9.85. The fraction of sp³-hybridized carbons (Fsp3) is 0.647. The summed E-state index contributed by atoms with van der Waals surface area (Å²) in [4.78, 5) is 4.03. The number of unbranched alkanes of at least 4 members (excludes halogenated alkanes) is 2. The van der Waals surface area contributed by atoms with Gasteiger partial charge in [0.2, 0.25) is 0 Å². The summed E-state index contributed by atoms with van der Waals surface area (Å²) in [6.45, 7) is 6.91. The standard InChI is InChI=1S/C17H28N2S.2ClH/c1-3-4-5-6-17(19-13-11-18-12-14-19)15-7-9-16(20-2)10-8-15;;/h7-10,17-18H,3-6,11-14H2,1-2H3;2*1H/t17-;;/m0../s1. The number of nitrogens with one attached hydrogen (secondary N) is 1. The molecule has 1 aliphatic rings. The van der Waals surface area contributed by atoms with E-state index in [4.69, 9.17) is 0 Å². The van der Waals surface area contributed by atoms with Crippen LogP contribution in [0.1, 0.15) is 44.2 Å². The van der Waals surface area contributed by atoms with E-state index in [9.17, 15) is 0 Å². The van der Waals surface area contributed by atoms with Gasteiger partial charge in [0.15, 0.2) is 0 Å². The van der Waals surface area contributed by atoms with Crippen LogP contribution in [0.5, 0.6) is 0 Å². The van der Waals surface area contributed by atoms with E-state index in [1.54, 1.807) is 0 Å². The summed E-state index contributed by atoms with van der Waals surface area (Å²) < 4.78 is 0. The van der Waals surface area contributed by atoms with Gasteiger partial charge in [-0.25, -0.2) is 0 Å². The van der Waals surface area contributed by atoms with Crippen LogP contribution in [-0.2, 0) is 0 Å². The first kappa shape index (κ1) is 22.1. The Bertz CT molecular complexity index is 381. The van der Waals surface area contributed by atoms with E-state index >= 15 is 0 Å². The molecule has 22 heavy (non-hydrogen) atoms.